The van der Waals surface area contributed by atoms with E-state index < -0.39 is 0 Å². The van der Waals surface area contributed by atoms with E-state index in [0.29, 0.717) is 0 Å². The molecule has 1 aromatic rings. The number of nitrogens with zero attached hydrogens (tertiary/aromatic N) is 1. The lowest BCUT2D eigenvalue weighted by atomic mass is 10.1. The van der Waals surface area contributed by atoms with Crippen LogP contribution in [0.5, 0.6) is 5.75 Å². The molecule has 0 aromatic heterocycles. The molecule has 0 atom stereocenters. The Labute approximate surface area is 98.2 Å². The van der Waals surface area contributed by atoms with Crippen LogP contribution in [-0.4, -0.2) is 38.7 Å². The zero-order valence-corrected chi connectivity index (χ0v) is 10.3. The molecule has 0 bridgehead atoms. The fourth-order valence-electron chi connectivity index (χ4n) is 1.44. The van der Waals surface area contributed by atoms with Crippen molar-refractivity contribution < 1.29 is 4.74 Å². The second kappa shape index (κ2) is 7.25. The van der Waals surface area contributed by atoms with E-state index in [1.807, 2.05) is 26.2 Å². The summed E-state index contributed by atoms with van der Waals surface area (Å²) in [6, 6.07) is 8.26. The summed E-state index contributed by atoms with van der Waals surface area (Å²) < 4.78 is 5.66. The number of aryl methyl sites for hydroxylation is 1. The standard InChI is InChI=1S/C13H22N2O/c1-15(2)9-10-16-13-7-3-5-12(11-13)6-4-8-14/h3,5,7,11H,4,6,8-10,14H2,1-2H3. The van der Waals surface area contributed by atoms with Crippen molar-refractivity contribution in [2.45, 2.75) is 12.8 Å². The lowest BCUT2D eigenvalue weighted by Gasteiger charge is -2.11. The monoisotopic (exact) mass is 222 g/mol. The van der Waals surface area contributed by atoms with Crippen LogP contribution in [0.3, 0.4) is 0 Å². The highest BCUT2D eigenvalue weighted by Crippen LogP contribution is 2.14. The zero-order chi connectivity index (χ0) is 11.8. The van der Waals surface area contributed by atoms with Gasteiger partial charge in [-0.1, -0.05) is 12.1 Å². The molecule has 3 nitrogen and oxygen atoms in total. The molecule has 0 saturated carbocycles. The molecule has 2 N–H and O–H groups in total. The third-order valence-electron chi connectivity index (χ3n) is 2.38. The molecule has 0 aliphatic heterocycles. The minimum absolute atomic E-state index is 0.730. The first kappa shape index (κ1) is 13.0. The molecule has 0 radical (unpaired) electrons. The number of hydrogen-bond acceptors (Lipinski definition) is 3. The molecule has 0 aliphatic rings. The van der Waals surface area contributed by atoms with Gasteiger partial charge in [0.15, 0.2) is 0 Å². The van der Waals surface area contributed by atoms with Crippen molar-refractivity contribution in [3.05, 3.63) is 29.8 Å². The molecule has 0 saturated heterocycles. The van der Waals surface area contributed by atoms with Crippen LogP contribution in [0, 0.1) is 0 Å². The maximum Gasteiger partial charge on any atom is 0.119 e. The molecule has 0 spiro atoms. The molecular weight excluding hydrogens is 200 g/mol. The van der Waals surface area contributed by atoms with Crippen LogP contribution in [0.4, 0.5) is 0 Å². The number of hydrogen-bond donors (Lipinski definition) is 1. The minimum atomic E-state index is 0.730. The third kappa shape index (κ3) is 5.14. The Morgan fingerprint density at radius 3 is 2.81 bits per heavy atom. The summed E-state index contributed by atoms with van der Waals surface area (Å²) in [6.45, 7) is 2.41. The van der Waals surface area contributed by atoms with Crippen LogP contribution < -0.4 is 10.5 Å². The predicted molar refractivity (Wildman–Crippen MR) is 67.9 cm³/mol. The van der Waals surface area contributed by atoms with Crippen LogP contribution >= 0.6 is 0 Å². The van der Waals surface area contributed by atoms with Crippen molar-refractivity contribution >= 4 is 0 Å². The molecule has 3 heteroatoms. The molecule has 0 amide bonds. The molecule has 90 valence electrons. The van der Waals surface area contributed by atoms with Gasteiger partial charge in [-0.3, -0.25) is 0 Å². The summed E-state index contributed by atoms with van der Waals surface area (Å²) >= 11 is 0. The average molecular weight is 222 g/mol. The second-order valence-electron chi connectivity index (χ2n) is 4.19. The third-order valence-corrected chi connectivity index (χ3v) is 2.38. The number of ether oxygens (including phenoxy) is 1. The fourth-order valence-corrected chi connectivity index (χ4v) is 1.44. The molecule has 1 rings (SSSR count). The van der Waals surface area contributed by atoms with Crippen molar-refractivity contribution in [3.63, 3.8) is 0 Å². The fraction of sp³-hybridized carbons (Fsp3) is 0.538. The van der Waals surface area contributed by atoms with E-state index in [9.17, 15) is 0 Å². The summed E-state index contributed by atoms with van der Waals surface area (Å²) in [5, 5.41) is 0. The smallest absolute Gasteiger partial charge is 0.119 e. The molecule has 0 aliphatic carbocycles. The van der Waals surface area contributed by atoms with E-state index in [1.165, 1.54) is 5.56 Å². The molecule has 16 heavy (non-hydrogen) atoms. The highest BCUT2D eigenvalue weighted by Gasteiger charge is 1.97. The Kier molecular flexibility index (Phi) is 5.90. The predicted octanol–water partition coefficient (Wildman–Crippen LogP) is 1.52. The van der Waals surface area contributed by atoms with Crippen molar-refractivity contribution in [3.8, 4) is 5.75 Å². The highest BCUT2D eigenvalue weighted by atomic mass is 16.5. The minimum Gasteiger partial charge on any atom is -0.492 e. The Balaban J connectivity index is 2.40. The first-order valence-corrected chi connectivity index (χ1v) is 5.79. The average Bonchev–Trinajstić information content (AvgIpc) is 2.26. The summed E-state index contributed by atoms with van der Waals surface area (Å²) in [7, 11) is 4.09. The van der Waals surface area contributed by atoms with E-state index >= 15 is 0 Å². The number of likely N-dealkylation sites (N-methyl/N-ethyl adjacent to an activating group) is 1. The Bertz CT molecular complexity index is 300. The highest BCUT2D eigenvalue weighted by molar-refractivity contribution is 5.28. The SMILES string of the molecule is CN(C)CCOc1cccc(CCCN)c1. The summed E-state index contributed by atoms with van der Waals surface area (Å²) in [4.78, 5) is 2.11. The lowest BCUT2D eigenvalue weighted by molar-refractivity contribution is 0.261. The van der Waals surface area contributed by atoms with Crippen molar-refractivity contribution in [1.29, 1.82) is 0 Å². The van der Waals surface area contributed by atoms with Crippen LogP contribution in [0.15, 0.2) is 24.3 Å². The molecule has 0 unspecified atom stereocenters. The normalized spacial score (nSPS) is 10.8. The van der Waals surface area contributed by atoms with Gasteiger partial charge in [-0.25, -0.2) is 0 Å². The first-order chi connectivity index (χ1) is 7.72. The maximum absolute atomic E-state index is 5.66. The van der Waals surface area contributed by atoms with E-state index in [4.69, 9.17) is 10.5 Å². The van der Waals surface area contributed by atoms with Crippen molar-refractivity contribution in [2.24, 2.45) is 5.73 Å². The van der Waals surface area contributed by atoms with Gasteiger partial charge in [0.2, 0.25) is 0 Å². The quantitative estimate of drug-likeness (QED) is 0.760. The van der Waals surface area contributed by atoms with E-state index in [-0.39, 0.29) is 0 Å². The summed E-state index contributed by atoms with van der Waals surface area (Å²) in [5.74, 6) is 0.955. The Morgan fingerprint density at radius 1 is 1.31 bits per heavy atom. The number of benzene rings is 1. The zero-order valence-electron chi connectivity index (χ0n) is 10.3. The first-order valence-electron chi connectivity index (χ1n) is 5.79. The van der Waals surface area contributed by atoms with Crippen molar-refractivity contribution in [2.75, 3.05) is 33.8 Å². The molecular formula is C13H22N2O. The van der Waals surface area contributed by atoms with Gasteiger partial charge >= 0.3 is 0 Å². The Morgan fingerprint density at radius 2 is 2.12 bits per heavy atom. The van der Waals surface area contributed by atoms with Crippen molar-refractivity contribution in [1.82, 2.24) is 4.90 Å². The molecule has 0 fully saturated rings. The number of rotatable bonds is 7. The van der Waals surface area contributed by atoms with E-state index in [0.717, 1.165) is 38.3 Å². The van der Waals surface area contributed by atoms with Crippen LogP contribution in [-0.2, 0) is 6.42 Å². The summed E-state index contributed by atoms with van der Waals surface area (Å²) in [6.07, 6.45) is 2.06. The lowest BCUT2D eigenvalue weighted by Crippen LogP contribution is -2.19. The van der Waals surface area contributed by atoms with Gasteiger partial charge < -0.3 is 15.4 Å². The van der Waals surface area contributed by atoms with Crippen LogP contribution in [0.2, 0.25) is 0 Å². The van der Waals surface area contributed by atoms with Gasteiger partial charge in [-0.2, -0.15) is 0 Å². The van der Waals surface area contributed by atoms with Gasteiger partial charge in [-0.05, 0) is 51.2 Å². The van der Waals surface area contributed by atoms with Crippen LogP contribution in [0.1, 0.15) is 12.0 Å². The number of nitrogens with two attached hydrogens (primary N) is 1. The largest absolute Gasteiger partial charge is 0.492 e. The molecule has 1 aromatic carbocycles. The van der Waals surface area contributed by atoms with Crippen LogP contribution in [0.25, 0.3) is 0 Å². The van der Waals surface area contributed by atoms with Gasteiger partial charge in [0.05, 0.1) is 0 Å². The second-order valence-corrected chi connectivity index (χ2v) is 4.19. The maximum atomic E-state index is 5.66. The molecule has 0 heterocycles. The van der Waals surface area contributed by atoms with Gasteiger partial charge in [0, 0.05) is 6.54 Å². The van der Waals surface area contributed by atoms with E-state index in [1.54, 1.807) is 0 Å². The van der Waals surface area contributed by atoms with Gasteiger partial charge in [0.1, 0.15) is 12.4 Å². The summed E-state index contributed by atoms with van der Waals surface area (Å²) in [5.41, 5.74) is 6.79. The van der Waals surface area contributed by atoms with E-state index in [2.05, 4.69) is 17.0 Å². The van der Waals surface area contributed by atoms with Gasteiger partial charge in [0.25, 0.3) is 0 Å². The topological polar surface area (TPSA) is 38.5 Å². The van der Waals surface area contributed by atoms with Gasteiger partial charge in [-0.15, -0.1) is 0 Å². The Hall–Kier alpha value is -1.06.